The normalized spacial score (nSPS) is 10.9. The van der Waals surface area contributed by atoms with E-state index in [0.29, 0.717) is 5.92 Å². The van der Waals surface area contributed by atoms with Crippen molar-refractivity contribution in [2.75, 3.05) is 0 Å². The van der Waals surface area contributed by atoms with Crippen LogP contribution in [0, 0.1) is 13.8 Å². The van der Waals surface area contributed by atoms with Crippen molar-refractivity contribution < 1.29 is 0 Å². The fourth-order valence-corrected chi connectivity index (χ4v) is 1.69. The molecule has 2 heteroatoms. The molecule has 0 saturated carbocycles. The summed E-state index contributed by atoms with van der Waals surface area (Å²) < 4.78 is 2.07. The van der Waals surface area contributed by atoms with E-state index >= 15 is 0 Å². The first-order valence-electron chi connectivity index (χ1n) is 4.62. The Kier molecular flexibility index (Phi) is 2.60. The molecular weight excluding hydrogens is 162 g/mol. The Morgan fingerprint density at radius 2 is 1.85 bits per heavy atom. The van der Waals surface area contributed by atoms with E-state index in [-0.39, 0.29) is 5.43 Å². The molecule has 0 N–H and O–H groups in total. The van der Waals surface area contributed by atoms with Gasteiger partial charge in [-0.1, -0.05) is 13.8 Å². The van der Waals surface area contributed by atoms with Gasteiger partial charge in [0.1, 0.15) is 0 Å². The summed E-state index contributed by atoms with van der Waals surface area (Å²) in [5.74, 6) is 0.305. The van der Waals surface area contributed by atoms with Crippen LogP contribution in [0.1, 0.15) is 36.7 Å². The lowest BCUT2D eigenvalue weighted by atomic mass is 10.0. The van der Waals surface area contributed by atoms with Crippen LogP contribution in [-0.4, -0.2) is 4.57 Å². The van der Waals surface area contributed by atoms with Crippen molar-refractivity contribution in [1.82, 2.24) is 4.57 Å². The zero-order valence-corrected chi connectivity index (χ0v) is 9.01. The molecule has 13 heavy (non-hydrogen) atoms. The first-order chi connectivity index (χ1) is 5.95. The largest absolute Gasteiger partial charge is 0.352 e. The van der Waals surface area contributed by atoms with Gasteiger partial charge in [0, 0.05) is 30.1 Å². The summed E-state index contributed by atoms with van der Waals surface area (Å²) in [6.45, 7) is 8.07. The molecule has 0 aliphatic carbocycles. The highest BCUT2D eigenvalue weighted by Crippen LogP contribution is 2.14. The smallest absolute Gasteiger partial charge is 0.185 e. The van der Waals surface area contributed by atoms with Crippen molar-refractivity contribution in [3.8, 4) is 0 Å². The van der Waals surface area contributed by atoms with Crippen LogP contribution in [-0.2, 0) is 7.05 Å². The molecule has 0 radical (unpaired) electrons. The lowest BCUT2D eigenvalue weighted by Gasteiger charge is -2.15. The molecule has 2 nitrogen and oxygen atoms in total. The van der Waals surface area contributed by atoms with Crippen molar-refractivity contribution in [2.45, 2.75) is 33.6 Å². The Morgan fingerprint density at radius 1 is 1.31 bits per heavy atom. The molecule has 1 aromatic rings. The molecule has 72 valence electrons. The topological polar surface area (TPSA) is 22.0 Å². The second-order valence-electron chi connectivity index (χ2n) is 3.86. The molecule has 0 aliphatic rings. The fourth-order valence-electron chi connectivity index (χ4n) is 1.69. The maximum Gasteiger partial charge on any atom is 0.185 e. The van der Waals surface area contributed by atoms with E-state index in [1.165, 1.54) is 0 Å². The molecule has 0 unspecified atom stereocenters. The third-order valence-corrected chi connectivity index (χ3v) is 2.60. The summed E-state index contributed by atoms with van der Waals surface area (Å²) in [4.78, 5) is 11.6. The molecule has 0 bridgehead atoms. The number of rotatable bonds is 1. The molecule has 0 spiro atoms. The molecule has 1 heterocycles. The van der Waals surface area contributed by atoms with Crippen molar-refractivity contribution >= 4 is 0 Å². The summed E-state index contributed by atoms with van der Waals surface area (Å²) >= 11 is 0. The zero-order valence-electron chi connectivity index (χ0n) is 9.01. The molecule has 0 fully saturated rings. The van der Waals surface area contributed by atoms with Crippen LogP contribution in [0.5, 0.6) is 0 Å². The summed E-state index contributed by atoms with van der Waals surface area (Å²) in [5, 5.41) is 0. The predicted octanol–water partition coefficient (Wildman–Crippen LogP) is 2.13. The van der Waals surface area contributed by atoms with Crippen molar-refractivity contribution in [2.24, 2.45) is 7.05 Å². The maximum atomic E-state index is 11.6. The van der Waals surface area contributed by atoms with E-state index in [9.17, 15) is 4.79 Å². The average Bonchev–Trinajstić information content (AvgIpc) is 1.99. The fraction of sp³-hybridized carbons (Fsp3) is 0.545. The number of hydrogen-bond acceptors (Lipinski definition) is 1. The standard InChI is InChI=1S/C11H17NO/c1-7(2)11-9(4)12(5)8(3)6-10(11)13/h6-7H,1-5H3. The van der Waals surface area contributed by atoms with Gasteiger partial charge in [0.25, 0.3) is 0 Å². The number of nitrogens with zero attached hydrogens (tertiary/aromatic N) is 1. The molecule has 1 rings (SSSR count). The van der Waals surface area contributed by atoms with Gasteiger partial charge in [-0.15, -0.1) is 0 Å². The van der Waals surface area contributed by atoms with Crippen LogP contribution in [0.15, 0.2) is 10.9 Å². The third kappa shape index (κ3) is 1.67. The molecular formula is C11H17NO. The van der Waals surface area contributed by atoms with E-state index in [1.54, 1.807) is 6.07 Å². The van der Waals surface area contributed by atoms with Gasteiger partial charge in [-0.25, -0.2) is 0 Å². The second kappa shape index (κ2) is 3.36. The van der Waals surface area contributed by atoms with Gasteiger partial charge in [0.05, 0.1) is 0 Å². The number of hydrogen-bond donors (Lipinski definition) is 0. The van der Waals surface area contributed by atoms with Crippen molar-refractivity contribution in [1.29, 1.82) is 0 Å². The number of aromatic nitrogens is 1. The van der Waals surface area contributed by atoms with Gasteiger partial charge in [0.2, 0.25) is 0 Å². The number of aryl methyl sites for hydroxylation is 1. The average molecular weight is 179 g/mol. The zero-order chi connectivity index (χ0) is 10.2. The highest BCUT2D eigenvalue weighted by atomic mass is 16.1. The first kappa shape index (κ1) is 10.0. The molecule has 0 aliphatic heterocycles. The summed E-state index contributed by atoms with van der Waals surface area (Å²) in [6.07, 6.45) is 0. The minimum Gasteiger partial charge on any atom is -0.352 e. The first-order valence-corrected chi connectivity index (χ1v) is 4.62. The van der Waals surface area contributed by atoms with Gasteiger partial charge in [0.15, 0.2) is 5.43 Å². The van der Waals surface area contributed by atoms with Gasteiger partial charge in [-0.2, -0.15) is 0 Å². The quantitative estimate of drug-likeness (QED) is 0.647. The SMILES string of the molecule is Cc1cc(=O)c(C(C)C)c(C)n1C. The highest BCUT2D eigenvalue weighted by Gasteiger charge is 2.10. The molecule has 0 saturated heterocycles. The van der Waals surface area contributed by atoms with E-state index in [4.69, 9.17) is 0 Å². The third-order valence-electron chi connectivity index (χ3n) is 2.60. The van der Waals surface area contributed by atoms with E-state index in [1.807, 2.05) is 20.9 Å². The summed E-state index contributed by atoms with van der Waals surface area (Å²) in [6, 6.07) is 1.71. The number of pyridine rings is 1. The molecule has 0 amide bonds. The van der Waals surface area contributed by atoms with Crippen molar-refractivity contribution in [3.05, 3.63) is 33.2 Å². The second-order valence-corrected chi connectivity index (χ2v) is 3.86. The van der Waals surface area contributed by atoms with Crippen LogP contribution in [0.2, 0.25) is 0 Å². The van der Waals surface area contributed by atoms with Crippen LogP contribution in [0.25, 0.3) is 0 Å². The van der Waals surface area contributed by atoms with Crippen LogP contribution >= 0.6 is 0 Å². The van der Waals surface area contributed by atoms with E-state index in [2.05, 4.69) is 18.4 Å². The summed E-state index contributed by atoms with van der Waals surface area (Å²) in [5.41, 5.74) is 3.21. The van der Waals surface area contributed by atoms with Crippen LogP contribution in [0.4, 0.5) is 0 Å². The minimum absolute atomic E-state index is 0.170. The van der Waals surface area contributed by atoms with Crippen molar-refractivity contribution in [3.63, 3.8) is 0 Å². The Morgan fingerprint density at radius 3 is 2.31 bits per heavy atom. The lowest BCUT2D eigenvalue weighted by molar-refractivity contribution is 0.751. The van der Waals surface area contributed by atoms with E-state index in [0.717, 1.165) is 17.0 Å². The Hall–Kier alpha value is -1.05. The lowest BCUT2D eigenvalue weighted by Crippen LogP contribution is -2.18. The highest BCUT2D eigenvalue weighted by molar-refractivity contribution is 5.26. The molecule has 1 aromatic heterocycles. The van der Waals surface area contributed by atoms with Crippen LogP contribution < -0.4 is 5.43 Å². The Labute approximate surface area is 79.2 Å². The minimum atomic E-state index is 0.170. The Balaban J connectivity index is 3.54. The van der Waals surface area contributed by atoms with Gasteiger partial charge >= 0.3 is 0 Å². The molecule has 0 atom stereocenters. The van der Waals surface area contributed by atoms with Gasteiger partial charge in [-0.3, -0.25) is 4.79 Å². The van der Waals surface area contributed by atoms with E-state index < -0.39 is 0 Å². The monoisotopic (exact) mass is 179 g/mol. The predicted molar refractivity (Wildman–Crippen MR) is 55.2 cm³/mol. The van der Waals surface area contributed by atoms with Gasteiger partial charge < -0.3 is 4.57 Å². The molecule has 0 aromatic carbocycles. The Bertz CT molecular complexity index is 374. The summed E-state index contributed by atoms with van der Waals surface area (Å²) in [7, 11) is 2.00. The van der Waals surface area contributed by atoms with Gasteiger partial charge in [-0.05, 0) is 19.8 Å². The maximum absolute atomic E-state index is 11.6. The van der Waals surface area contributed by atoms with Crippen LogP contribution in [0.3, 0.4) is 0 Å².